The smallest absolute Gasteiger partial charge is 0.324 e. The third kappa shape index (κ3) is 3.83. The lowest BCUT2D eigenvalue weighted by Gasteiger charge is -2.18. The average Bonchev–Trinajstić information content (AvgIpc) is 2.42. The van der Waals surface area contributed by atoms with Gasteiger partial charge in [-0.1, -0.05) is 24.3 Å². The predicted octanol–water partition coefficient (Wildman–Crippen LogP) is 4.85. The molecule has 2 aromatic rings. The van der Waals surface area contributed by atoms with Crippen molar-refractivity contribution >= 4 is 15.9 Å². The Labute approximate surface area is 127 Å². The molecule has 0 aromatic heterocycles. The molecule has 0 radical (unpaired) electrons. The van der Waals surface area contributed by atoms with Crippen LogP contribution in [0.15, 0.2) is 46.9 Å². The maximum absolute atomic E-state index is 13.2. The van der Waals surface area contributed by atoms with E-state index in [1.165, 1.54) is 36.4 Å². The van der Waals surface area contributed by atoms with Crippen LogP contribution in [0.1, 0.15) is 22.7 Å². The van der Waals surface area contributed by atoms with Crippen molar-refractivity contribution in [3.63, 3.8) is 0 Å². The average molecular weight is 362 g/mol. The van der Waals surface area contributed by atoms with E-state index in [0.717, 1.165) is 6.07 Å². The van der Waals surface area contributed by atoms with Gasteiger partial charge < -0.3 is 5.73 Å². The highest BCUT2D eigenvalue weighted by Crippen LogP contribution is 2.34. The molecule has 0 bridgehead atoms. The van der Waals surface area contributed by atoms with Crippen molar-refractivity contribution in [3.05, 3.63) is 69.4 Å². The molecule has 0 aliphatic rings. The summed E-state index contributed by atoms with van der Waals surface area (Å²) in [7, 11) is 0. The minimum absolute atomic E-state index is 0.0328. The summed E-state index contributed by atoms with van der Waals surface area (Å²) < 4.78 is 52.3. The van der Waals surface area contributed by atoms with Crippen LogP contribution in [-0.4, -0.2) is 0 Å². The molecule has 0 fully saturated rings. The minimum Gasteiger partial charge on any atom is -0.324 e. The van der Waals surface area contributed by atoms with Crippen molar-refractivity contribution in [2.24, 2.45) is 5.73 Å². The summed E-state index contributed by atoms with van der Waals surface area (Å²) in [4.78, 5) is 0. The van der Waals surface area contributed by atoms with E-state index in [0.29, 0.717) is 5.56 Å². The summed E-state index contributed by atoms with van der Waals surface area (Å²) >= 11 is 3.04. The second-order valence-electron chi connectivity index (χ2n) is 4.64. The zero-order valence-electron chi connectivity index (χ0n) is 10.8. The molecule has 0 heterocycles. The predicted molar refractivity (Wildman–Crippen MR) is 76.2 cm³/mol. The van der Waals surface area contributed by atoms with E-state index in [-0.39, 0.29) is 16.5 Å². The Balaban J connectivity index is 2.28. The van der Waals surface area contributed by atoms with Crippen LogP contribution in [0.2, 0.25) is 0 Å². The maximum Gasteiger partial charge on any atom is 0.416 e. The van der Waals surface area contributed by atoms with Crippen LogP contribution >= 0.6 is 15.9 Å². The molecular weight excluding hydrogens is 350 g/mol. The standard InChI is InChI=1S/C15H12BrF4N/c16-12-7-9(5-6-13(12)17)8-14(21)10-3-1-2-4-11(10)15(18,19)20/h1-7,14H,8,21H2. The summed E-state index contributed by atoms with van der Waals surface area (Å²) in [6.45, 7) is 0. The van der Waals surface area contributed by atoms with Crippen LogP contribution in [-0.2, 0) is 12.6 Å². The Morgan fingerprint density at radius 2 is 1.76 bits per heavy atom. The fourth-order valence-corrected chi connectivity index (χ4v) is 2.54. The molecule has 0 aliphatic carbocycles. The van der Waals surface area contributed by atoms with Gasteiger partial charge in [0.1, 0.15) is 5.82 Å². The van der Waals surface area contributed by atoms with Crippen LogP contribution in [0.5, 0.6) is 0 Å². The number of hydrogen-bond acceptors (Lipinski definition) is 1. The van der Waals surface area contributed by atoms with Gasteiger partial charge in [-0.15, -0.1) is 0 Å². The monoisotopic (exact) mass is 361 g/mol. The molecule has 1 unspecified atom stereocenters. The molecule has 112 valence electrons. The lowest BCUT2D eigenvalue weighted by Crippen LogP contribution is -2.19. The normalized spacial score (nSPS) is 13.2. The molecule has 2 rings (SSSR count). The molecule has 0 aliphatic heterocycles. The van der Waals surface area contributed by atoms with Gasteiger partial charge in [0.25, 0.3) is 0 Å². The van der Waals surface area contributed by atoms with E-state index in [9.17, 15) is 17.6 Å². The van der Waals surface area contributed by atoms with E-state index in [1.54, 1.807) is 0 Å². The van der Waals surface area contributed by atoms with Gasteiger partial charge in [0.2, 0.25) is 0 Å². The van der Waals surface area contributed by atoms with Crippen molar-refractivity contribution in [1.82, 2.24) is 0 Å². The van der Waals surface area contributed by atoms with E-state index in [1.807, 2.05) is 0 Å². The largest absolute Gasteiger partial charge is 0.416 e. The van der Waals surface area contributed by atoms with Crippen LogP contribution in [0, 0.1) is 5.82 Å². The summed E-state index contributed by atoms with van der Waals surface area (Å²) in [6.07, 6.45) is -4.26. The van der Waals surface area contributed by atoms with Crippen molar-refractivity contribution in [2.45, 2.75) is 18.6 Å². The first-order valence-electron chi connectivity index (χ1n) is 6.14. The summed E-state index contributed by atoms with van der Waals surface area (Å²) in [5.74, 6) is -0.428. The van der Waals surface area contributed by atoms with Crippen molar-refractivity contribution in [3.8, 4) is 0 Å². The Morgan fingerprint density at radius 1 is 1.10 bits per heavy atom. The van der Waals surface area contributed by atoms with Crippen LogP contribution in [0.4, 0.5) is 17.6 Å². The number of nitrogens with two attached hydrogens (primary N) is 1. The first-order valence-corrected chi connectivity index (χ1v) is 6.94. The zero-order valence-corrected chi connectivity index (χ0v) is 12.4. The number of halogens is 5. The van der Waals surface area contributed by atoms with Gasteiger partial charge in [0.05, 0.1) is 10.0 Å². The van der Waals surface area contributed by atoms with Gasteiger partial charge in [0, 0.05) is 6.04 Å². The Hall–Kier alpha value is -1.40. The fourth-order valence-electron chi connectivity index (χ4n) is 2.11. The summed E-state index contributed by atoms with van der Waals surface area (Å²) in [6, 6.07) is 8.68. The van der Waals surface area contributed by atoms with E-state index in [4.69, 9.17) is 5.73 Å². The van der Waals surface area contributed by atoms with Crippen LogP contribution in [0.3, 0.4) is 0 Å². The second-order valence-corrected chi connectivity index (χ2v) is 5.50. The SMILES string of the molecule is NC(Cc1ccc(F)c(Br)c1)c1ccccc1C(F)(F)F. The molecule has 0 saturated heterocycles. The zero-order chi connectivity index (χ0) is 15.6. The van der Waals surface area contributed by atoms with Crippen molar-refractivity contribution in [1.29, 1.82) is 0 Å². The van der Waals surface area contributed by atoms with Crippen molar-refractivity contribution in [2.75, 3.05) is 0 Å². The lowest BCUT2D eigenvalue weighted by molar-refractivity contribution is -0.138. The molecular formula is C15H12BrF4N. The third-order valence-electron chi connectivity index (χ3n) is 3.11. The van der Waals surface area contributed by atoms with Gasteiger partial charge in [-0.2, -0.15) is 13.2 Å². The van der Waals surface area contributed by atoms with Gasteiger partial charge in [-0.25, -0.2) is 4.39 Å². The second kappa shape index (κ2) is 6.15. The molecule has 0 amide bonds. The fraction of sp³-hybridized carbons (Fsp3) is 0.200. The molecule has 21 heavy (non-hydrogen) atoms. The van der Waals surface area contributed by atoms with Crippen LogP contribution in [0.25, 0.3) is 0 Å². The highest BCUT2D eigenvalue weighted by Gasteiger charge is 2.34. The number of rotatable bonds is 3. The molecule has 1 nitrogen and oxygen atoms in total. The number of benzene rings is 2. The number of alkyl halides is 3. The molecule has 0 saturated carbocycles. The molecule has 2 aromatic carbocycles. The Morgan fingerprint density at radius 3 is 2.38 bits per heavy atom. The van der Waals surface area contributed by atoms with Crippen LogP contribution < -0.4 is 5.73 Å². The Kier molecular flexibility index (Phi) is 4.68. The van der Waals surface area contributed by atoms with Crippen molar-refractivity contribution < 1.29 is 17.6 Å². The molecule has 1 atom stereocenters. The minimum atomic E-state index is -4.45. The van der Waals surface area contributed by atoms with Gasteiger partial charge in [0.15, 0.2) is 0 Å². The maximum atomic E-state index is 13.2. The lowest BCUT2D eigenvalue weighted by atomic mass is 9.95. The van der Waals surface area contributed by atoms with Gasteiger partial charge in [-0.05, 0) is 51.7 Å². The van der Waals surface area contributed by atoms with E-state index in [2.05, 4.69) is 15.9 Å². The number of hydrogen-bond donors (Lipinski definition) is 1. The highest BCUT2D eigenvalue weighted by molar-refractivity contribution is 9.10. The molecule has 6 heteroatoms. The topological polar surface area (TPSA) is 26.0 Å². The highest BCUT2D eigenvalue weighted by atomic mass is 79.9. The molecule has 2 N–H and O–H groups in total. The third-order valence-corrected chi connectivity index (χ3v) is 3.71. The van der Waals surface area contributed by atoms with E-state index < -0.39 is 23.6 Å². The first-order chi connectivity index (χ1) is 9.79. The van der Waals surface area contributed by atoms with Gasteiger partial charge in [-0.3, -0.25) is 0 Å². The summed E-state index contributed by atoms with van der Waals surface area (Å²) in [5.41, 5.74) is 5.86. The van der Waals surface area contributed by atoms with E-state index >= 15 is 0 Å². The quantitative estimate of drug-likeness (QED) is 0.777. The Bertz CT molecular complexity index is 640. The summed E-state index contributed by atoms with van der Waals surface area (Å²) in [5, 5.41) is 0. The first kappa shape index (κ1) is 16.0. The van der Waals surface area contributed by atoms with Gasteiger partial charge >= 0.3 is 6.18 Å². The molecule has 0 spiro atoms.